The van der Waals surface area contributed by atoms with Crippen molar-refractivity contribution in [1.29, 1.82) is 0 Å². The van der Waals surface area contributed by atoms with Crippen molar-refractivity contribution in [2.45, 2.75) is 25.4 Å². The lowest BCUT2D eigenvalue weighted by molar-refractivity contribution is -0.137. The van der Waals surface area contributed by atoms with Crippen molar-refractivity contribution < 1.29 is 27.1 Å². The maximum Gasteiger partial charge on any atom is 0.418 e. The van der Waals surface area contributed by atoms with Gasteiger partial charge in [0.15, 0.2) is 6.61 Å². The molecular weight excluding hydrogens is 387 g/mol. The predicted octanol–water partition coefficient (Wildman–Crippen LogP) is 4.32. The molecule has 0 unspecified atom stereocenters. The normalized spacial score (nSPS) is 13.3. The molecule has 1 N–H and O–H groups in total. The van der Waals surface area contributed by atoms with Gasteiger partial charge in [0.2, 0.25) is 0 Å². The minimum Gasteiger partial charge on any atom is -0.484 e. The lowest BCUT2D eigenvalue weighted by Crippen LogP contribution is -2.22. The number of fused-ring (bicyclic) bond motifs is 3. The number of rotatable bonds is 4. The van der Waals surface area contributed by atoms with E-state index in [4.69, 9.17) is 9.15 Å². The van der Waals surface area contributed by atoms with E-state index in [1.165, 1.54) is 24.3 Å². The molecule has 0 radical (unpaired) electrons. The van der Waals surface area contributed by atoms with Crippen molar-refractivity contribution in [3.63, 3.8) is 0 Å². The smallest absolute Gasteiger partial charge is 0.418 e. The fraction of sp³-hybridized carbons (Fsp3) is 0.238. The van der Waals surface area contributed by atoms with Crippen LogP contribution in [-0.2, 0) is 23.8 Å². The summed E-state index contributed by atoms with van der Waals surface area (Å²) in [6.45, 7) is -0.493. The molecule has 2 aromatic carbocycles. The first-order valence-corrected chi connectivity index (χ1v) is 9.00. The van der Waals surface area contributed by atoms with Gasteiger partial charge in [-0.25, -0.2) is 4.79 Å². The highest BCUT2D eigenvalue weighted by Gasteiger charge is 2.33. The van der Waals surface area contributed by atoms with Gasteiger partial charge < -0.3 is 14.5 Å². The summed E-state index contributed by atoms with van der Waals surface area (Å²) < 4.78 is 49.7. The molecule has 4 rings (SSSR count). The fourth-order valence-electron chi connectivity index (χ4n) is 3.53. The SMILES string of the molecule is O=C(COc1ccc2c3c(c(=O)oc2c1)CCC3)Nc1ccccc1C(F)(F)F. The average molecular weight is 403 g/mol. The number of benzene rings is 2. The van der Waals surface area contributed by atoms with E-state index in [0.717, 1.165) is 29.9 Å². The third-order valence-corrected chi connectivity index (χ3v) is 4.82. The number of aryl methyl sites for hydroxylation is 1. The third-order valence-electron chi connectivity index (χ3n) is 4.82. The molecule has 3 aromatic rings. The summed E-state index contributed by atoms with van der Waals surface area (Å²) >= 11 is 0. The summed E-state index contributed by atoms with van der Waals surface area (Å²) in [6, 6.07) is 9.61. The van der Waals surface area contributed by atoms with Gasteiger partial charge in [-0.2, -0.15) is 13.2 Å². The molecule has 8 heteroatoms. The number of amides is 1. The van der Waals surface area contributed by atoms with Gasteiger partial charge in [-0.15, -0.1) is 0 Å². The highest BCUT2D eigenvalue weighted by Crippen LogP contribution is 2.34. The molecule has 0 aliphatic heterocycles. The molecule has 1 heterocycles. The number of hydrogen-bond donors (Lipinski definition) is 1. The van der Waals surface area contributed by atoms with Gasteiger partial charge in [0.1, 0.15) is 11.3 Å². The summed E-state index contributed by atoms with van der Waals surface area (Å²) in [5.41, 5.74) is 0.390. The predicted molar refractivity (Wildman–Crippen MR) is 100 cm³/mol. The lowest BCUT2D eigenvalue weighted by atomic mass is 10.1. The Morgan fingerprint density at radius 1 is 1.10 bits per heavy atom. The Kier molecular flexibility index (Phi) is 4.77. The van der Waals surface area contributed by atoms with Gasteiger partial charge in [-0.1, -0.05) is 12.1 Å². The zero-order valence-corrected chi connectivity index (χ0v) is 15.1. The number of anilines is 1. The van der Waals surface area contributed by atoms with Crippen LogP contribution in [0.15, 0.2) is 51.7 Å². The first-order chi connectivity index (χ1) is 13.8. The van der Waals surface area contributed by atoms with Crippen LogP contribution in [0.2, 0.25) is 0 Å². The lowest BCUT2D eigenvalue weighted by Gasteiger charge is -2.14. The van der Waals surface area contributed by atoms with Crippen molar-refractivity contribution in [2.75, 3.05) is 11.9 Å². The second-order valence-electron chi connectivity index (χ2n) is 6.74. The van der Waals surface area contributed by atoms with Crippen LogP contribution in [0.1, 0.15) is 23.1 Å². The second kappa shape index (κ2) is 7.27. The second-order valence-corrected chi connectivity index (χ2v) is 6.74. The Balaban J connectivity index is 1.48. The molecule has 29 heavy (non-hydrogen) atoms. The van der Waals surface area contributed by atoms with Crippen molar-refractivity contribution >= 4 is 22.6 Å². The number of carbonyl (C=O) groups is 1. The summed E-state index contributed by atoms with van der Waals surface area (Å²) in [5.74, 6) is -0.463. The highest BCUT2D eigenvalue weighted by molar-refractivity contribution is 5.92. The Morgan fingerprint density at radius 3 is 2.66 bits per heavy atom. The van der Waals surface area contributed by atoms with E-state index in [2.05, 4.69) is 5.32 Å². The molecule has 150 valence electrons. The van der Waals surface area contributed by atoms with Gasteiger partial charge in [0.05, 0.1) is 11.3 Å². The number of hydrogen-bond acceptors (Lipinski definition) is 4. The van der Waals surface area contributed by atoms with Crippen molar-refractivity contribution in [2.24, 2.45) is 0 Å². The van der Waals surface area contributed by atoms with E-state index >= 15 is 0 Å². The van der Waals surface area contributed by atoms with Gasteiger partial charge in [0.25, 0.3) is 5.91 Å². The van der Waals surface area contributed by atoms with Crippen LogP contribution in [0.4, 0.5) is 18.9 Å². The number of halogens is 3. The molecule has 0 fully saturated rings. The summed E-state index contributed by atoms with van der Waals surface area (Å²) in [4.78, 5) is 24.1. The molecule has 1 aliphatic rings. The third kappa shape index (κ3) is 3.83. The number of ether oxygens (including phenoxy) is 1. The topological polar surface area (TPSA) is 68.5 Å². The van der Waals surface area contributed by atoms with Gasteiger partial charge in [-0.3, -0.25) is 4.79 Å². The first-order valence-electron chi connectivity index (χ1n) is 9.00. The van der Waals surface area contributed by atoms with E-state index in [1.807, 2.05) is 0 Å². The van der Waals surface area contributed by atoms with E-state index in [-0.39, 0.29) is 17.1 Å². The highest BCUT2D eigenvalue weighted by atomic mass is 19.4. The van der Waals surface area contributed by atoms with E-state index < -0.39 is 24.3 Å². The van der Waals surface area contributed by atoms with Crippen LogP contribution < -0.4 is 15.7 Å². The molecular formula is C21H16F3NO4. The van der Waals surface area contributed by atoms with Gasteiger partial charge in [0, 0.05) is 17.0 Å². The standard InChI is InChI=1S/C21H16F3NO4/c22-21(23,24)16-6-1-2-7-17(16)25-19(26)11-28-12-8-9-14-13-4-3-5-15(13)20(27)29-18(14)10-12/h1-2,6-10H,3-5,11H2,(H,25,26). The molecule has 0 saturated carbocycles. The number of para-hydroxylation sites is 1. The van der Waals surface area contributed by atoms with Crippen LogP contribution in [-0.4, -0.2) is 12.5 Å². The Morgan fingerprint density at radius 2 is 1.86 bits per heavy atom. The number of alkyl halides is 3. The van der Waals surface area contributed by atoms with Crippen molar-refractivity contribution in [3.05, 3.63) is 69.6 Å². The zero-order valence-electron chi connectivity index (χ0n) is 15.1. The van der Waals surface area contributed by atoms with Crippen LogP contribution in [0.25, 0.3) is 11.0 Å². The summed E-state index contributed by atoms with van der Waals surface area (Å²) in [7, 11) is 0. The van der Waals surface area contributed by atoms with E-state index in [1.54, 1.807) is 12.1 Å². The molecule has 5 nitrogen and oxygen atoms in total. The molecule has 0 spiro atoms. The largest absolute Gasteiger partial charge is 0.484 e. The van der Waals surface area contributed by atoms with E-state index in [0.29, 0.717) is 17.6 Å². The number of nitrogens with one attached hydrogen (secondary N) is 1. The van der Waals surface area contributed by atoms with Crippen LogP contribution in [0.5, 0.6) is 5.75 Å². The molecule has 1 aromatic heterocycles. The van der Waals surface area contributed by atoms with Crippen LogP contribution in [0.3, 0.4) is 0 Å². The van der Waals surface area contributed by atoms with Crippen molar-refractivity contribution in [3.8, 4) is 5.75 Å². The molecule has 0 bridgehead atoms. The number of carbonyl (C=O) groups excluding carboxylic acids is 1. The Hall–Kier alpha value is -3.29. The molecule has 1 amide bonds. The summed E-state index contributed by atoms with van der Waals surface area (Å²) in [6.07, 6.45) is -2.18. The zero-order chi connectivity index (χ0) is 20.6. The minimum absolute atomic E-state index is 0.276. The first kappa shape index (κ1) is 19.0. The maximum absolute atomic E-state index is 13.0. The van der Waals surface area contributed by atoms with Crippen LogP contribution in [0, 0.1) is 0 Å². The minimum atomic E-state index is -4.58. The quantitative estimate of drug-likeness (QED) is 0.659. The molecule has 0 saturated heterocycles. The summed E-state index contributed by atoms with van der Waals surface area (Å²) in [5, 5.41) is 3.04. The monoisotopic (exact) mass is 403 g/mol. The molecule has 1 aliphatic carbocycles. The average Bonchev–Trinajstić information content (AvgIpc) is 3.16. The van der Waals surface area contributed by atoms with Gasteiger partial charge in [-0.05, 0) is 49.1 Å². The van der Waals surface area contributed by atoms with Crippen molar-refractivity contribution in [1.82, 2.24) is 0 Å². The Bertz CT molecular complexity index is 1150. The maximum atomic E-state index is 13.0. The Labute approximate surface area is 163 Å². The fourth-order valence-corrected chi connectivity index (χ4v) is 3.53. The van der Waals surface area contributed by atoms with Crippen LogP contribution >= 0.6 is 0 Å². The molecule has 0 atom stereocenters. The van der Waals surface area contributed by atoms with E-state index in [9.17, 15) is 22.8 Å². The van der Waals surface area contributed by atoms with Gasteiger partial charge >= 0.3 is 11.8 Å².